The fraction of sp³-hybridized carbons (Fsp3) is 0.0769. The summed E-state index contributed by atoms with van der Waals surface area (Å²) in [7, 11) is 0. The number of nitrogens with zero attached hydrogens (tertiary/aromatic N) is 2. The largest absolute Gasteiger partial charge is 0.502 e. The maximum absolute atomic E-state index is 10.2. The van der Waals surface area contributed by atoms with E-state index >= 15 is 0 Å². The minimum Gasteiger partial charge on any atom is -0.502 e. The summed E-state index contributed by atoms with van der Waals surface area (Å²) in [6.07, 6.45) is 0. The van der Waals surface area contributed by atoms with Crippen LogP contribution in [0, 0.1) is 27.2 Å². The van der Waals surface area contributed by atoms with Gasteiger partial charge in [-0.2, -0.15) is 0 Å². The van der Waals surface area contributed by atoms with E-state index in [4.69, 9.17) is 10.2 Å². The summed E-state index contributed by atoms with van der Waals surface area (Å²) >= 11 is 0. The molecule has 2 aromatic rings. The van der Waals surface area contributed by atoms with Gasteiger partial charge in [-0.25, -0.2) is 0 Å². The van der Waals surface area contributed by atoms with Gasteiger partial charge < -0.3 is 10.2 Å². The maximum atomic E-state index is 10.2. The van der Waals surface area contributed by atoms with Crippen LogP contribution in [0.5, 0.6) is 11.5 Å². The molecule has 0 spiro atoms. The van der Waals surface area contributed by atoms with E-state index in [1.807, 2.05) is 0 Å². The van der Waals surface area contributed by atoms with E-state index in [0.717, 1.165) is 5.56 Å². The maximum Gasteiger partial charge on any atom is 0.310 e. The Bertz CT molecular complexity index is 671. The lowest BCUT2D eigenvalue weighted by atomic mass is 10.2. The second-order valence-electron chi connectivity index (χ2n) is 4.00. The number of hydrogen-bond acceptors (Lipinski definition) is 6. The van der Waals surface area contributed by atoms with Gasteiger partial charge in [-0.05, 0) is 24.6 Å². The monoisotopic (exact) mass is 292 g/mol. The first kappa shape index (κ1) is 15.9. The molecule has 21 heavy (non-hydrogen) atoms. The Morgan fingerprint density at radius 1 is 0.857 bits per heavy atom. The molecular formula is C13H12N2O6. The van der Waals surface area contributed by atoms with Gasteiger partial charge in [0.15, 0.2) is 11.5 Å². The number of rotatable bonds is 2. The topological polar surface area (TPSA) is 127 Å². The van der Waals surface area contributed by atoms with Gasteiger partial charge in [0.2, 0.25) is 0 Å². The summed E-state index contributed by atoms with van der Waals surface area (Å²) in [5.74, 6) is -0.590. The number of hydrogen-bond donors (Lipinski definition) is 2. The van der Waals surface area contributed by atoms with E-state index in [1.165, 1.54) is 36.4 Å². The predicted octanol–water partition coefficient (Wildman–Crippen LogP) is 2.91. The molecule has 0 bridgehead atoms. The Kier molecular flexibility index (Phi) is 5.18. The second kappa shape index (κ2) is 6.85. The molecule has 0 saturated heterocycles. The molecule has 110 valence electrons. The summed E-state index contributed by atoms with van der Waals surface area (Å²) in [5, 5.41) is 38.1. The molecule has 2 aromatic carbocycles. The minimum absolute atomic E-state index is 0.245. The quantitative estimate of drug-likeness (QED) is 0.647. The molecule has 0 aliphatic heterocycles. The highest BCUT2D eigenvalue weighted by Crippen LogP contribution is 2.25. The third-order valence-electron chi connectivity index (χ3n) is 2.41. The first-order valence-electron chi connectivity index (χ1n) is 5.69. The van der Waals surface area contributed by atoms with Crippen molar-refractivity contribution in [3.05, 3.63) is 68.3 Å². The number of benzene rings is 2. The Morgan fingerprint density at radius 2 is 1.38 bits per heavy atom. The summed E-state index contributed by atoms with van der Waals surface area (Å²) in [6.45, 7) is 1.73. The SMILES string of the molecule is Cc1ccc(O)c([N+](=O)[O-])c1.O=[N+]([O-])c1ccccc1O. The minimum atomic E-state index is -0.630. The lowest BCUT2D eigenvalue weighted by Gasteiger charge is -1.95. The van der Waals surface area contributed by atoms with E-state index < -0.39 is 9.85 Å². The van der Waals surface area contributed by atoms with Crippen LogP contribution in [0.2, 0.25) is 0 Å². The van der Waals surface area contributed by atoms with Crippen LogP contribution in [0.1, 0.15) is 5.56 Å². The van der Waals surface area contributed by atoms with Crippen molar-refractivity contribution in [3.63, 3.8) is 0 Å². The van der Waals surface area contributed by atoms with Gasteiger partial charge in [0.05, 0.1) is 9.85 Å². The van der Waals surface area contributed by atoms with Gasteiger partial charge in [-0.1, -0.05) is 18.2 Å². The average Bonchev–Trinajstić information content (AvgIpc) is 2.42. The number of nitro benzene ring substituents is 2. The van der Waals surface area contributed by atoms with E-state index in [0.29, 0.717) is 0 Å². The molecule has 8 heteroatoms. The molecule has 0 heterocycles. The summed E-state index contributed by atoms with van der Waals surface area (Å²) < 4.78 is 0. The van der Waals surface area contributed by atoms with Crippen molar-refractivity contribution in [1.82, 2.24) is 0 Å². The van der Waals surface area contributed by atoms with Crippen LogP contribution in [0.15, 0.2) is 42.5 Å². The highest BCUT2D eigenvalue weighted by atomic mass is 16.6. The van der Waals surface area contributed by atoms with Gasteiger partial charge in [0, 0.05) is 12.1 Å². The number of nitro groups is 2. The van der Waals surface area contributed by atoms with Crippen molar-refractivity contribution in [2.45, 2.75) is 6.92 Å². The van der Waals surface area contributed by atoms with Crippen LogP contribution in [-0.4, -0.2) is 20.1 Å². The molecule has 0 aromatic heterocycles. The van der Waals surface area contributed by atoms with Crippen molar-refractivity contribution < 1.29 is 20.1 Å². The fourth-order valence-electron chi connectivity index (χ4n) is 1.40. The van der Waals surface area contributed by atoms with Crippen LogP contribution in [0.25, 0.3) is 0 Å². The smallest absolute Gasteiger partial charge is 0.310 e. The van der Waals surface area contributed by atoms with Crippen LogP contribution in [0.3, 0.4) is 0 Å². The molecular weight excluding hydrogens is 280 g/mol. The van der Waals surface area contributed by atoms with Crippen molar-refractivity contribution in [1.29, 1.82) is 0 Å². The zero-order valence-corrected chi connectivity index (χ0v) is 11.0. The van der Waals surface area contributed by atoms with Crippen molar-refractivity contribution >= 4 is 11.4 Å². The average molecular weight is 292 g/mol. The molecule has 2 N–H and O–H groups in total. The molecule has 0 radical (unpaired) electrons. The Labute approximate surface area is 119 Å². The number of phenols is 2. The molecule has 0 aliphatic rings. The van der Waals surface area contributed by atoms with Gasteiger partial charge >= 0.3 is 11.4 Å². The molecule has 0 aliphatic carbocycles. The van der Waals surface area contributed by atoms with Gasteiger partial charge in [0.25, 0.3) is 0 Å². The van der Waals surface area contributed by atoms with Crippen molar-refractivity contribution in [2.75, 3.05) is 0 Å². The lowest BCUT2D eigenvalue weighted by molar-refractivity contribution is -0.386. The van der Waals surface area contributed by atoms with Crippen molar-refractivity contribution in [3.8, 4) is 11.5 Å². The van der Waals surface area contributed by atoms with Crippen LogP contribution in [0.4, 0.5) is 11.4 Å². The molecule has 0 saturated carbocycles. The number of phenolic OH excluding ortho intramolecular Hbond substituents is 2. The van der Waals surface area contributed by atoms with Crippen LogP contribution in [-0.2, 0) is 0 Å². The van der Waals surface area contributed by atoms with Gasteiger partial charge in [-0.15, -0.1) is 0 Å². The summed E-state index contributed by atoms with van der Waals surface area (Å²) in [6, 6.07) is 9.80. The van der Waals surface area contributed by atoms with Crippen molar-refractivity contribution in [2.24, 2.45) is 0 Å². The van der Waals surface area contributed by atoms with Crippen LogP contribution < -0.4 is 0 Å². The third-order valence-corrected chi connectivity index (χ3v) is 2.41. The predicted molar refractivity (Wildman–Crippen MR) is 74.3 cm³/mol. The van der Waals surface area contributed by atoms with E-state index in [9.17, 15) is 20.2 Å². The molecule has 0 unspecified atom stereocenters. The number of para-hydroxylation sites is 2. The molecule has 0 atom stereocenters. The number of aromatic hydroxyl groups is 2. The lowest BCUT2D eigenvalue weighted by Crippen LogP contribution is -1.88. The second-order valence-corrected chi connectivity index (χ2v) is 4.00. The highest BCUT2D eigenvalue weighted by Gasteiger charge is 2.11. The first-order chi connectivity index (χ1) is 9.82. The van der Waals surface area contributed by atoms with Crippen LogP contribution >= 0.6 is 0 Å². The van der Waals surface area contributed by atoms with E-state index in [1.54, 1.807) is 13.0 Å². The number of aryl methyl sites for hydroxylation is 1. The van der Waals surface area contributed by atoms with Gasteiger partial charge in [0.1, 0.15) is 0 Å². The molecule has 0 fully saturated rings. The zero-order chi connectivity index (χ0) is 16.0. The standard InChI is InChI=1S/C7H7NO3.C6H5NO3/c1-5-2-3-7(9)6(4-5)8(10)11;8-6-4-2-1-3-5(6)7(9)10/h2-4,9H,1H3;1-4,8H. The Morgan fingerprint density at radius 3 is 1.81 bits per heavy atom. The van der Waals surface area contributed by atoms with Gasteiger partial charge in [-0.3, -0.25) is 20.2 Å². The normalized spacial score (nSPS) is 9.38. The zero-order valence-electron chi connectivity index (χ0n) is 11.0. The summed E-state index contributed by atoms with van der Waals surface area (Å²) in [5.41, 5.74) is 0.252. The Hall–Kier alpha value is -3.16. The molecule has 8 nitrogen and oxygen atoms in total. The molecule has 2 rings (SSSR count). The summed E-state index contributed by atoms with van der Waals surface area (Å²) in [4.78, 5) is 19.0. The van der Waals surface area contributed by atoms with E-state index in [-0.39, 0.29) is 22.9 Å². The fourth-order valence-corrected chi connectivity index (χ4v) is 1.40. The Balaban J connectivity index is 0.000000211. The van der Waals surface area contributed by atoms with E-state index in [2.05, 4.69) is 0 Å². The first-order valence-corrected chi connectivity index (χ1v) is 5.69. The molecule has 0 amide bonds. The highest BCUT2D eigenvalue weighted by molar-refractivity contribution is 5.47. The third kappa shape index (κ3) is 4.46.